The Morgan fingerprint density at radius 1 is 1.50 bits per heavy atom. The predicted molar refractivity (Wildman–Crippen MR) is 80.7 cm³/mol. The van der Waals surface area contributed by atoms with E-state index in [9.17, 15) is 14.0 Å². The number of benzene rings is 1. The molecule has 110 valence electrons. The second-order valence-electron chi connectivity index (χ2n) is 3.89. The zero-order valence-corrected chi connectivity index (χ0v) is 13.1. The van der Waals surface area contributed by atoms with E-state index in [0.717, 1.165) is 6.07 Å². The fraction of sp³-hybridized carbons (Fsp3) is 0.333. The zero-order chi connectivity index (χ0) is 15.1. The Balaban J connectivity index is 2.65. The Kier molecular flexibility index (Phi) is 6.80. The molecule has 8 heteroatoms. The average Bonchev–Trinajstić information content (AvgIpc) is 2.38. The Hall–Kier alpha value is -1.28. The van der Waals surface area contributed by atoms with Gasteiger partial charge in [-0.2, -0.15) is 11.8 Å². The van der Waals surface area contributed by atoms with Crippen molar-refractivity contribution in [3.05, 3.63) is 28.5 Å². The molecule has 2 amide bonds. The van der Waals surface area contributed by atoms with Gasteiger partial charge >= 0.3 is 12.0 Å². The SMILES string of the molecule is CSCC[C@H](NC(=O)Nc1cc(F)ccc1Br)C(=O)O. The summed E-state index contributed by atoms with van der Waals surface area (Å²) < 4.78 is 13.6. The average molecular weight is 365 g/mol. The van der Waals surface area contributed by atoms with Gasteiger partial charge in [-0.05, 0) is 52.6 Å². The first kappa shape index (κ1) is 16.8. The number of rotatable bonds is 6. The summed E-state index contributed by atoms with van der Waals surface area (Å²) in [5.74, 6) is -0.992. The van der Waals surface area contributed by atoms with Gasteiger partial charge in [-0.15, -0.1) is 0 Å². The largest absolute Gasteiger partial charge is 0.480 e. The van der Waals surface area contributed by atoms with Crippen LogP contribution in [0.4, 0.5) is 14.9 Å². The minimum Gasteiger partial charge on any atom is -0.480 e. The minimum atomic E-state index is -1.10. The second kappa shape index (κ2) is 8.11. The van der Waals surface area contributed by atoms with Crippen molar-refractivity contribution < 1.29 is 19.1 Å². The molecule has 0 heterocycles. The van der Waals surface area contributed by atoms with Gasteiger partial charge in [0.15, 0.2) is 0 Å². The number of carboxylic acids is 1. The molecule has 20 heavy (non-hydrogen) atoms. The molecular formula is C12H14BrFN2O3S. The molecule has 0 aliphatic rings. The van der Waals surface area contributed by atoms with E-state index >= 15 is 0 Å². The summed E-state index contributed by atoms with van der Waals surface area (Å²) in [5.41, 5.74) is 0.233. The number of hydrogen-bond acceptors (Lipinski definition) is 3. The standard InChI is InChI=1S/C12H14BrFN2O3S/c1-20-5-4-9(11(17)18)15-12(19)16-10-6-7(14)2-3-8(10)13/h2-3,6,9H,4-5H2,1H3,(H,17,18)(H2,15,16,19)/t9-/m0/s1. The smallest absolute Gasteiger partial charge is 0.326 e. The molecule has 0 saturated carbocycles. The quantitative estimate of drug-likeness (QED) is 0.724. The zero-order valence-electron chi connectivity index (χ0n) is 10.7. The van der Waals surface area contributed by atoms with Crippen LogP contribution in [0.1, 0.15) is 6.42 Å². The maximum absolute atomic E-state index is 13.1. The topological polar surface area (TPSA) is 78.4 Å². The number of hydrogen-bond donors (Lipinski definition) is 3. The van der Waals surface area contributed by atoms with E-state index < -0.39 is 23.9 Å². The molecule has 3 N–H and O–H groups in total. The Morgan fingerprint density at radius 3 is 2.80 bits per heavy atom. The van der Waals surface area contributed by atoms with Gasteiger partial charge in [0.2, 0.25) is 0 Å². The van der Waals surface area contributed by atoms with Crippen molar-refractivity contribution in [2.45, 2.75) is 12.5 Å². The third-order valence-corrected chi connectivity index (χ3v) is 3.73. The van der Waals surface area contributed by atoms with Crippen molar-refractivity contribution in [3.8, 4) is 0 Å². The van der Waals surface area contributed by atoms with Gasteiger partial charge in [0.25, 0.3) is 0 Å². The molecule has 0 spiro atoms. The highest BCUT2D eigenvalue weighted by molar-refractivity contribution is 9.10. The number of halogens is 2. The summed E-state index contributed by atoms with van der Waals surface area (Å²) in [4.78, 5) is 22.7. The van der Waals surface area contributed by atoms with E-state index in [1.165, 1.54) is 23.9 Å². The van der Waals surface area contributed by atoms with Crippen molar-refractivity contribution >= 4 is 45.4 Å². The first-order valence-corrected chi connectivity index (χ1v) is 7.87. The molecule has 0 fully saturated rings. The summed E-state index contributed by atoms with van der Waals surface area (Å²) >= 11 is 4.66. The summed E-state index contributed by atoms with van der Waals surface area (Å²) in [6, 6.07) is 2.17. The van der Waals surface area contributed by atoms with E-state index in [1.54, 1.807) is 0 Å². The van der Waals surface area contributed by atoms with Gasteiger partial charge in [0.05, 0.1) is 5.69 Å². The number of nitrogens with one attached hydrogen (secondary N) is 2. The highest BCUT2D eigenvalue weighted by Gasteiger charge is 2.19. The molecule has 0 bridgehead atoms. The van der Waals surface area contributed by atoms with Crippen LogP contribution in [-0.4, -0.2) is 35.2 Å². The maximum Gasteiger partial charge on any atom is 0.326 e. The lowest BCUT2D eigenvalue weighted by Gasteiger charge is -2.15. The molecule has 0 radical (unpaired) electrons. The monoisotopic (exact) mass is 364 g/mol. The molecule has 0 aliphatic heterocycles. The van der Waals surface area contributed by atoms with Crippen molar-refractivity contribution in [2.75, 3.05) is 17.3 Å². The Labute approximate surface area is 128 Å². The molecule has 1 atom stereocenters. The normalized spacial score (nSPS) is 11.8. The van der Waals surface area contributed by atoms with Crippen LogP contribution in [0.25, 0.3) is 0 Å². The van der Waals surface area contributed by atoms with Crippen LogP contribution in [0, 0.1) is 5.82 Å². The Morgan fingerprint density at radius 2 is 2.20 bits per heavy atom. The summed E-state index contributed by atoms with van der Waals surface area (Å²) in [6.45, 7) is 0. The molecular weight excluding hydrogens is 351 g/mol. The van der Waals surface area contributed by atoms with Gasteiger partial charge in [-0.1, -0.05) is 0 Å². The number of carbonyl (C=O) groups excluding carboxylic acids is 1. The number of carboxylic acid groups (broad SMARTS) is 1. The van der Waals surface area contributed by atoms with E-state index in [4.69, 9.17) is 5.11 Å². The van der Waals surface area contributed by atoms with Crippen molar-refractivity contribution in [3.63, 3.8) is 0 Å². The van der Waals surface area contributed by atoms with Crippen molar-refractivity contribution in [1.29, 1.82) is 0 Å². The number of aliphatic carboxylic acids is 1. The first-order chi connectivity index (χ1) is 9.43. The van der Waals surface area contributed by atoms with Crippen LogP contribution in [0.3, 0.4) is 0 Å². The molecule has 0 aliphatic carbocycles. The Bertz CT molecular complexity index is 502. The van der Waals surface area contributed by atoms with Crippen LogP contribution in [-0.2, 0) is 4.79 Å². The summed E-state index contributed by atoms with van der Waals surface area (Å²) in [6.07, 6.45) is 2.16. The summed E-state index contributed by atoms with van der Waals surface area (Å²) in [5, 5.41) is 13.7. The minimum absolute atomic E-state index is 0.233. The predicted octanol–water partition coefficient (Wildman–Crippen LogP) is 2.92. The highest BCUT2D eigenvalue weighted by Crippen LogP contribution is 2.22. The van der Waals surface area contributed by atoms with E-state index in [2.05, 4.69) is 26.6 Å². The fourth-order valence-corrected chi connectivity index (χ4v) is 2.22. The van der Waals surface area contributed by atoms with Crippen LogP contribution in [0.2, 0.25) is 0 Å². The lowest BCUT2D eigenvalue weighted by molar-refractivity contribution is -0.139. The number of carbonyl (C=O) groups is 2. The van der Waals surface area contributed by atoms with Crippen LogP contribution < -0.4 is 10.6 Å². The molecule has 1 rings (SSSR count). The first-order valence-electron chi connectivity index (χ1n) is 5.68. The van der Waals surface area contributed by atoms with E-state index in [1.807, 2.05) is 6.26 Å². The maximum atomic E-state index is 13.1. The third kappa shape index (κ3) is 5.38. The molecule has 5 nitrogen and oxygen atoms in total. The van der Waals surface area contributed by atoms with Gasteiger partial charge in [0, 0.05) is 4.47 Å². The molecule has 0 unspecified atom stereocenters. The molecule has 1 aromatic carbocycles. The van der Waals surface area contributed by atoms with Crippen molar-refractivity contribution in [1.82, 2.24) is 5.32 Å². The fourth-order valence-electron chi connectivity index (χ4n) is 1.40. The number of urea groups is 1. The lowest BCUT2D eigenvalue weighted by Crippen LogP contribution is -2.43. The number of amides is 2. The number of anilines is 1. The number of thioether (sulfide) groups is 1. The van der Waals surface area contributed by atoms with Crippen LogP contribution in [0.5, 0.6) is 0 Å². The van der Waals surface area contributed by atoms with Crippen LogP contribution in [0.15, 0.2) is 22.7 Å². The summed E-state index contributed by atoms with van der Waals surface area (Å²) in [7, 11) is 0. The van der Waals surface area contributed by atoms with E-state index in [-0.39, 0.29) is 5.69 Å². The van der Waals surface area contributed by atoms with Gasteiger partial charge in [-0.25, -0.2) is 14.0 Å². The molecule has 1 aromatic rings. The highest BCUT2D eigenvalue weighted by atomic mass is 79.9. The third-order valence-electron chi connectivity index (χ3n) is 2.39. The molecule has 0 aromatic heterocycles. The van der Waals surface area contributed by atoms with Gasteiger partial charge in [0.1, 0.15) is 11.9 Å². The molecule has 0 saturated heterocycles. The van der Waals surface area contributed by atoms with Gasteiger partial charge < -0.3 is 15.7 Å². The lowest BCUT2D eigenvalue weighted by atomic mass is 10.2. The second-order valence-corrected chi connectivity index (χ2v) is 5.73. The van der Waals surface area contributed by atoms with Crippen molar-refractivity contribution in [2.24, 2.45) is 0 Å². The van der Waals surface area contributed by atoms with Gasteiger partial charge in [-0.3, -0.25) is 0 Å². The van der Waals surface area contributed by atoms with E-state index in [0.29, 0.717) is 16.6 Å². The van der Waals surface area contributed by atoms with Crippen LogP contribution >= 0.6 is 27.7 Å².